The minimum absolute atomic E-state index is 0.183. The molecular weight excluding hydrogens is 223 g/mol. The molecule has 3 nitrogen and oxygen atoms in total. The third-order valence-electron chi connectivity index (χ3n) is 2.66. The van der Waals surface area contributed by atoms with E-state index in [9.17, 15) is 4.39 Å². The molecule has 0 unspecified atom stereocenters. The predicted octanol–water partition coefficient (Wildman–Crippen LogP) is 2.67. The molecule has 1 heterocycles. The van der Waals surface area contributed by atoms with Crippen molar-refractivity contribution in [3.8, 4) is 5.75 Å². The molecule has 1 aromatic rings. The van der Waals surface area contributed by atoms with Crippen LogP contribution < -0.4 is 4.74 Å². The molecule has 17 heavy (non-hydrogen) atoms. The molecule has 0 saturated carbocycles. The van der Waals surface area contributed by atoms with Gasteiger partial charge in [0.25, 0.3) is 0 Å². The van der Waals surface area contributed by atoms with E-state index < -0.39 is 0 Å². The van der Waals surface area contributed by atoms with Crippen LogP contribution >= 0.6 is 0 Å². The summed E-state index contributed by atoms with van der Waals surface area (Å²) in [6.45, 7) is 3.84. The van der Waals surface area contributed by atoms with Crippen LogP contribution in [0.3, 0.4) is 0 Å². The Bertz CT molecular complexity index is 362. The molecule has 0 amide bonds. The summed E-state index contributed by atoms with van der Waals surface area (Å²) >= 11 is 0. The van der Waals surface area contributed by atoms with Crippen LogP contribution in [0.15, 0.2) is 18.2 Å². The van der Waals surface area contributed by atoms with Gasteiger partial charge in [0.05, 0.1) is 19.8 Å². The standard InChI is InChI=1S/C13H17FO3/c1-10-3-4-11(14)9-12(10)15-8-5-13-16-6-2-7-17-13/h3-4,9,13H,2,5-8H2,1H3. The summed E-state index contributed by atoms with van der Waals surface area (Å²) in [6, 6.07) is 4.53. The van der Waals surface area contributed by atoms with Gasteiger partial charge in [-0.25, -0.2) is 4.39 Å². The van der Waals surface area contributed by atoms with Crippen LogP contribution in [0.5, 0.6) is 5.75 Å². The molecule has 4 heteroatoms. The molecule has 0 spiro atoms. The zero-order valence-corrected chi connectivity index (χ0v) is 9.95. The van der Waals surface area contributed by atoms with E-state index in [1.54, 1.807) is 6.07 Å². The molecule has 1 aliphatic heterocycles. The number of aryl methyl sites for hydroxylation is 1. The summed E-state index contributed by atoms with van der Waals surface area (Å²) in [5.74, 6) is 0.302. The van der Waals surface area contributed by atoms with Crippen molar-refractivity contribution in [1.29, 1.82) is 0 Å². The van der Waals surface area contributed by atoms with Gasteiger partial charge in [0, 0.05) is 12.5 Å². The van der Waals surface area contributed by atoms with Crippen molar-refractivity contribution in [3.05, 3.63) is 29.6 Å². The van der Waals surface area contributed by atoms with E-state index in [-0.39, 0.29) is 12.1 Å². The molecule has 1 saturated heterocycles. The van der Waals surface area contributed by atoms with Crippen molar-refractivity contribution in [1.82, 2.24) is 0 Å². The van der Waals surface area contributed by atoms with Crippen molar-refractivity contribution in [3.63, 3.8) is 0 Å². The zero-order valence-electron chi connectivity index (χ0n) is 9.95. The normalized spacial score (nSPS) is 17.1. The second kappa shape index (κ2) is 5.98. The first-order chi connectivity index (χ1) is 8.25. The third kappa shape index (κ3) is 3.68. The van der Waals surface area contributed by atoms with Crippen LogP contribution in [-0.2, 0) is 9.47 Å². The first-order valence-corrected chi connectivity index (χ1v) is 5.88. The van der Waals surface area contributed by atoms with Crippen molar-refractivity contribution in [2.75, 3.05) is 19.8 Å². The Morgan fingerprint density at radius 1 is 1.35 bits per heavy atom. The number of rotatable bonds is 4. The Hall–Kier alpha value is -1.13. The lowest BCUT2D eigenvalue weighted by Crippen LogP contribution is -2.26. The molecule has 1 fully saturated rings. The van der Waals surface area contributed by atoms with E-state index in [1.165, 1.54) is 12.1 Å². The second-order valence-corrected chi connectivity index (χ2v) is 4.07. The Labute approximate surface area is 100 Å². The van der Waals surface area contributed by atoms with Gasteiger partial charge in [-0.05, 0) is 25.0 Å². The summed E-state index contributed by atoms with van der Waals surface area (Å²) < 4.78 is 29.3. The van der Waals surface area contributed by atoms with Gasteiger partial charge >= 0.3 is 0 Å². The maximum atomic E-state index is 13.0. The van der Waals surface area contributed by atoms with Crippen LogP contribution in [0.2, 0.25) is 0 Å². The van der Waals surface area contributed by atoms with E-state index in [2.05, 4.69) is 0 Å². The van der Waals surface area contributed by atoms with Crippen LogP contribution in [0.25, 0.3) is 0 Å². The van der Waals surface area contributed by atoms with Crippen molar-refractivity contribution < 1.29 is 18.6 Å². The van der Waals surface area contributed by atoms with Gasteiger partial charge in [0.1, 0.15) is 11.6 Å². The van der Waals surface area contributed by atoms with Crippen LogP contribution in [0.1, 0.15) is 18.4 Å². The van der Waals surface area contributed by atoms with Crippen molar-refractivity contribution in [2.45, 2.75) is 26.1 Å². The lowest BCUT2D eigenvalue weighted by Gasteiger charge is -2.23. The first-order valence-electron chi connectivity index (χ1n) is 5.88. The van der Waals surface area contributed by atoms with E-state index in [4.69, 9.17) is 14.2 Å². The molecule has 0 aliphatic carbocycles. The molecular formula is C13H17FO3. The zero-order chi connectivity index (χ0) is 12.1. The number of hydrogen-bond acceptors (Lipinski definition) is 3. The van der Waals surface area contributed by atoms with Gasteiger partial charge in [-0.15, -0.1) is 0 Å². The van der Waals surface area contributed by atoms with Crippen LogP contribution in [0.4, 0.5) is 4.39 Å². The maximum Gasteiger partial charge on any atom is 0.160 e. The SMILES string of the molecule is Cc1ccc(F)cc1OCCC1OCCCO1. The molecule has 94 valence electrons. The largest absolute Gasteiger partial charge is 0.493 e. The van der Waals surface area contributed by atoms with E-state index in [0.717, 1.165) is 25.2 Å². The third-order valence-corrected chi connectivity index (χ3v) is 2.66. The molecule has 2 rings (SSSR count). The van der Waals surface area contributed by atoms with Gasteiger partial charge in [-0.1, -0.05) is 6.07 Å². The number of ether oxygens (including phenoxy) is 3. The Morgan fingerprint density at radius 2 is 2.12 bits per heavy atom. The molecule has 1 aromatic carbocycles. The monoisotopic (exact) mass is 240 g/mol. The van der Waals surface area contributed by atoms with Crippen molar-refractivity contribution in [2.24, 2.45) is 0 Å². The first kappa shape index (κ1) is 12.3. The molecule has 0 N–H and O–H groups in total. The lowest BCUT2D eigenvalue weighted by molar-refractivity contribution is -0.183. The Balaban J connectivity index is 1.79. The topological polar surface area (TPSA) is 27.7 Å². The average Bonchev–Trinajstić information content (AvgIpc) is 2.35. The summed E-state index contributed by atoms with van der Waals surface area (Å²) in [4.78, 5) is 0. The van der Waals surface area contributed by atoms with Gasteiger partial charge in [0.15, 0.2) is 6.29 Å². The number of halogens is 1. The summed E-state index contributed by atoms with van der Waals surface area (Å²) in [6.07, 6.45) is 1.42. The predicted molar refractivity (Wildman–Crippen MR) is 61.6 cm³/mol. The van der Waals surface area contributed by atoms with Crippen LogP contribution in [0, 0.1) is 12.7 Å². The quantitative estimate of drug-likeness (QED) is 0.809. The molecule has 0 bridgehead atoms. The number of hydrogen-bond donors (Lipinski definition) is 0. The summed E-state index contributed by atoms with van der Waals surface area (Å²) in [5, 5.41) is 0. The van der Waals surface area contributed by atoms with Gasteiger partial charge in [-0.2, -0.15) is 0 Å². The van der Waals surface area contributed by atoms with E-state index in [1.807, 2.05) is 6.92 Å². The lowest BCUT2D eigenvalue weighted by atomic mass is 10.2. The number of benzene rings is 1. The van der Waals surface area contributed by atoms with Crippen LogP contribution in [-0.4, -0.2) is 26.1 Å². The fourth-order valence-corrected chi connectivity index (χ4v) is 1.70. The van der Waals surface area contributed by atoms with E-state index in [0.29, 0.717) is 18.8 Å². The highest BCUT2D eigenvalue weighted by Crippen LogP contribution is 2.19. The Morgan fingerprint density at radius 3 is 2.88 bits per heavy atom. The minimum atomic E-state index is -0.282. The summed E-state index contributed by atoms with van der Waals surface area (Å²) in [7, 11) is 0. The highest BCUT2D eigenvalue weighted by atomic mass is 19.1. The van der Waals surface area contributed by atoms with E-state index >= 15 is 0 Å². The smallest absolute Gasteiger partial charge is 0.160 e. The molecule has 1 aliphatic rings. The minimum Gasteiger partial charge on any atom is -0.493 e. The highest BCUT2D eigenvalue weighted by molar-refractivity contribution is 5.32. The van der Waals surface area contributed by atoms with Gasteiger partial charge < -0.3 is 14.2 Å². The summed E-state index contributed by atoms with van der Waals surface area (Å²) in [5.41, 5.74) is 0.928. The maximum absolute atomic E-state index is 13.0. The fourth-order valence-electron chi connectivity index (χ4n) is 1.70. The molecule has 0 atom stereocenters. The highest BCUT2D eigenvalue weighted by Gasteiger charge is 2.14. The van der Waals surface area contributed by atoms with Gasteiger partial charge in [0.2, 0.25) is 0 Å². The average molecular weight is 240 g/mol. The molecule has 0 aromatic heterocycles. The Kier molecular flexibility index (Phi) is 4.34. The second-order valence-electron chi connectivity index (χ2n) is 4.07. The fraction of sp³-hybridized carbons (Fsp3) is 0.538. The molecule has 0 radical (unpaired) electrons. The van der Waals surface area contributed by atoms with Crippen molar-refractivity contribution >= 4 is 0 Å². The van der Waals surface area contributed by atoms with Gasteiger partial charge in [-0.3, -0.25) is 0 Å².